The van der Waals surface area contributed by atoms with Gasteiger partial charge >= 0.3 is 12.4 Å². The molecule has 0 saturated heterocycles. The minimum atomic E-state index is -5.39. The van der Waals surface area contributed by atoms with E-state index in [1.54, 1.807) is 0 Å². The van der Waals surface area contributed by atoms with Crippen molar-refractivity contribution in [2.75, 3.05) is 6.26 Å². The largest absolute Gasteiger partial charge is 0.450 e. The second-order valence-corrected chi connectivity index (χ2v) is 3.95. The third kappa shape index (κ3) is 3.31. The summed E-state index contributed by atoms with van der Waals surface area (Å²) >= 11 is 0.256. The molecule has 0 fully saturated rings. The van der Waals surface area contributed by atoms with Crippen LogP contribution < -0.4 is 5.43 Å². The Hall–Kier alpha value is -1.45. The number of hydrogen-bond donors (Lipinski definition) is 0. The van der Waals surface area contributed by atoms with Crippen molar-refractivity contribution in [1.29, 1.82) is 0 Å². The van der Waals surface area contributed by atoms with Crippen molar-refractivity contribution in [1.82, 2.24) is 0 Å². The van der Waals surface area contributed by atoms with Crippen molar-refractivity contribution in [3.05, 3.63) is 33.4 Å². The van der Waals surface area contributed by atoms with Crippen LogP contribution in [0.25, 0.3) is 0 Å². The topological polar surface area (TPSA) is 47.3 Å². The zero-order valence-corrected chi connectivity index (χ0v) is 9.79. The van der Waals surface area contributed by atoms with Gasteiger partial charge in [-0.3, -0.25) is 9.59 Å². The van der Waals surface area contributed by atoms with Gasteiger partial charge in [-0.25, -0.2) is 0 Å². The van der Waals surface area contributed by atoms with E-state index in [0.717, 1.165) is 6.26 Å². The Labute approximate surface area is 105 Å². The Morgan fingerprint density at radius 2 is 1.68 bits per heavy atom. The lowest BCUT2D eigenvalue weighted by molar-refractivity contribution is -0.174. The van der Waals surface area contributed by atoms with E-state index in [1.807, 2.05) is 0 Å². The molecule has 0 saturated carbocycles. The van der Waals surface area contributed by atoms with E-state index < -0.39 is 40.0 Å². The lowest BCUT2D eigenvalue weighted by atomic mass is 10.2. The highest BCUT2D eigenvalue weighted by molar-refractivity contribution is 8.13. The van der Waals surface area contributed by atoms with Gasteiger partial charge in [0.1, 0.15) is 5.56 Å². The molecule has 0 unspecified atom stereocenters. The molecule has 1 aromatic heterocycles. The van der Waals surface area contributed by atoms with Crippen LogP contribution in [0.5, 0.6) is 0 Å². The van der Waals surface area contributed by atoms with Crippen molar-refractivity contribution in [3.63, 3.8) is 0 Å². The lowest BCUT2D eigenvalue weighted by Gasteiger charge is -2.12. The first-order valence-electron chi connectivity index (χ1n) is 4.39. The Morgan fingerprint density at radius 3 is 2.05 bits per heavy atom. The molecule has 1 heterocycles. The molecule has 10 heteroatoms. The number of alkyl halides is 6. The van der Waals surface area contributed by atoms with Crippen LogP contribution in [0.15, 0.2) is 15.3 Å². The first-order chi connectivity index (χ1) is 8.48. The average molecular weight is 306 g/mol. The highest BCUT2D eigenvalue weighted by Gasteiger charge is 2.44. The van der Waals surface area contributed by atoms with E-state index in [9.17, 15) is 35.9 Å². The quantitative estimate of drug-likeness (QED) is 0.748. The predicted molar refractivity (Wildman–Crippen MR) is 52.8 cm³/mol. The normalized spacial score (nSPS) is 12.6. The van der Waals surface area contributed by atoms with Crippen molar-refractivity contribution in [2.45, 2.75) is 12.4 Å². The summed E-state index contributed by atoms with van der Waals surface area (Å²) in [5, 5.41) is -1.32. The molecule has 106 valence electrons. The molecule has 0 radical (unpaired) electrons. The summed E-state index contributed by atoms with van der Waals surface area (Å²) in [7, 11) is 0. The van der Waals surface area contributed by atoms with Crippen LogP contribution in [0.1, 0.15) is 21.9 Å². The highest BCUT2D eigenvalue weighted by Crippen LogP contribution is 2.36. The maximum atomic E-state index is 12.5. The molecular weight excluding hydrogens is 302 g/mol. The summed E-state index contributed by atoms with van der Waals surface area (Å²) in [6.07, 6.45) is -9.57. The molecule has 1 rings (SSSR count). The molecule has 0 spiro atoms. The minimum absolute atomic E-state index is 0.182. The number of carbonyl (C=O) groups excluding carboxylic acids is 1. The molecule has 0 atom stereocenters. The van der Waals surface area contributed by atoms with E-state index in [0.29, 0.717) is 0 Å². The number of halogens is 6. The van der Waals surface area contributed by atoms with Gasteiger partial charge < -0.3 is 4.42 Å². The second-order valence-electron chi connectivity index (χ2n) is 3.17. The van der Waals surface area contributed by atoms with Crippen molar-refractivity contribution in [3.8, 4) is 0 Å². The molecule has 0 amide bonds. The van der Waals surface area contributed by atoms with E-state index >= 15 is 0 Å². The first-order valence-corrected chi connectivity index (χ1v) is 5.61. The summed E-state index contributed by atoms with van der Waals surface area (Å²) in [5.74, 6) is -4.35. The van der Waals surface area contributed by atoms with Crippen molar-refractivity contribution < 1.29 is 35.6 Å². The first kappa shape index (κ1) is 15.6. The van der Waals surface area contributed by atoms with E-state index in [4.69, 9.17) is 0 Å². The number of carbonyl (C=O) groups is 1. The highest BCUT2D eigenvalue weighted by atomic mass is 32.2. The Morgan fingerprint density at radius 1 is 1.16 bits per heavy atom. The molecule has 0 aliphatic rings. The summed E-state index contributed by atoms with van der Waals surface area (Å²) in [6.45, 7) is 0. The van der Waals surface area contributed by atoms with E-state index in [1.165, 1.54) is 0 Å². The van der Waals surface area contributed by atoms with Crippen LogP contribution >= 0.6 is 11.8 Å². The smallest absolute Gasteiger partial charge is 0.446 e. The van der Waals surface area contributed by atoms with Crippen LogP contribution in [0.2, 0.25) is 0 Å². The van der Waals surface area contributed by atoms with Gasteiger partial charge in [0.15, 0.2) is 5.43 Å². The van der Waals surface area contributed by atoms with Crippen molar-refractivity contribution >= 4 is 16.9 Å². The van der Waals surface area contributed by atoms with Gasteiger partial charge in [0.25, 0.3) is 0 Å². The van der Waals surface area contributed by atoms with Crippen LogP contribution in [0, 0.1) is 0 Å². The van der Waals surface area contributed by atoms with E-state index in [-0.39, 0.29) is 17.8 Å². The van der Waals surface area contributed by atoms with Gasteiger partial charge in [0.2, 0.25) is 16.6 Å². The fourth-order valence-electron chi connectivity index (χ4n) is 1.13. The summed E-state index contributed by atoms with van der Waals surface area (Å²) in [5.41, 5.74) is -3.14. The molecule has 1 aromatic rings. The number of hydrogen-bond acceptors (Lipinski definition) is 4. The van der Waals surface area contributed by atoms with Crippen LogP contribution in [0.3, 0.4) is 0 Å². The molecule has 0 N–H and O–H groups in total. The molecule has 0 aliphatic heterocycles. The zero-order valence-electron chi connectivity index (χ0n) is 8.98. The predicted octanol–water partition coefficient (Wildman–Crippen LogP) is 3.18. The molecule has 19 heavy (non-hydrogen) atoms. The fraction of sp³-hybridized carbons (Fsp3) is 0.333. The SMILES string of the molecule is CSC(=O)c1c(C(F)(F)F)oc(C(F)(F)F)cc1=O. The van der Waals surface area contributed by atoms with Crippen LogP contribution in [-0.2, 0) is 12.4 Å². The van der Waals surface area contributed by atoms with Gasteiger partial charge in [-0.2, -0.15) is 26.3 Å². The summed E-state index contributed by atoms with van der Waals surface area (Å²) in [4.78, 5) is 22.4. The Bertz CT molecular complexity index is 557. The summed E-state index contributed by atoms with van der Waals surface area (Å²) in [6, 6.07) is -0.182. The van der Waals surface area contributed by atoms with Gasteiger partial charge in [0, 0.05) is 6.07 Å². The van der Waals surface area contributed by atoms with E-state index in [2.05, 4.69) is 4.42 Å². The van der Waals surface area contributed by atoms with Crippen molar-refractivity contribution in [2.24, 2.45) is 0 Å². The molecule has 0 bridgehead atoms. The summed E-state index contributed by atoms with van der Waals surface area (Å²) < 4.78 is 78.0. The third-order valence-corrected chi connectivity index (χ3v) is 2.45. The number of rotatable bonds is 1. The molecule has 3 nitrogen and oxygen atoms in total. The lowest BCUT2D eigenvalue weighted by Crippen LogP contribution is -2.24. The van der Waals surface area contributed by atoms with Crippen LogP contribution in [0.4, 0.5) is 26.3 Å². The fourth-order valence-corrected chi connectivity index (χ4v) is 1.53. The number of thioether (sulfide) groups is 1. The maximum Gasteiger partial charge on any atom is 0.450 e. The second kappa shape index (κ2) is 4.91. The van der Waals surface area contributed by atoms with Gasteiger partial charge in [0.05, 0.1) is 0 Å². The van der Waals surface area contributed by atoms with Gasteiger partial charge in [-0.1, -0.05) is 11.8 Å². The van der Waals surface area contributed by atoms with Crippen LogP contribution in [-0.4, -0.2) is 11.4 Å². The molecule has 0 aromatic carbocycles. The standard InChI is InChI=1S/C9H4F6O3S/c1-19-7(17)5-3(16)2-4(8(10,11)12)18-6(5)9(13,14)15/h2H,1H3. The Kier molecular flexibility index (Phi) is 4.03. The maximum absolute atomic E-state index is 12.5. The zero-order chi connectivity index (χ0) is 15.0. The third-order valence-electron chi connectivity index (χ3n) is 1.87. The molecular formula is C9H4F6O3S. The molecule has 0 aliphatic carbocycles. The average Bonchev–Trinajstić information content (AvgIpc) is 2.24. The monoisotopic (exact) mass is 306 g/mol. The Balaban J connectivity index is 3.68. The van der Waals surface area contributed by atoms with Gasteiger partial charge in [-0.15, -0.1) is 0 Å². The van der Waals surface area contributed by atoms with Gasteiger partial charge in [-0.05, 0) is 6.26 Å². The minimum Gasteiger partial charge on any atom is -0.446 e.